The van der Waals surface area contributed by atoms with Crippen LogP contribution in [0.15, 0.2) is 91.5 Å². The predicted molar refractivity (Wildman–Crippen MR) is 217 cm³/mol. The summed E-state index contributed by atoms with van der Waals surface area (Å²) in [5.41, 5.74) is 4.79. The molecule has 4 aromatic heterocycles. The highest BCUT2D eigenvalue weighted by Crippen LogP contribution is 2.39. The van der Waals surface area contributed by atoms with Gasteiger partial charge < -0.3 is 23.5 Å². The van der Waals surface area contributed by atoms with E-state index in [4.69, 9.17) is 18.9 Å². The molecule has 2 aliphatic carbocycles. The van der Waals surface area contributed by atoms with Gasteiger partial charge in [0.15, 0.2) is 0 Å². The second-order valence-corrected chi connectivity index (χ2v) is 15.5. The summed E-state index contributed by atoms with van der Waals surface area (Å²) < 4.78 is 26.4. The number of aromatic nitrogens is 4. The number of imide groups is 2. The molecule has 300 valence electrons. The van der Waals surface area contributed by atoms with Gasteiger partial charge in [0.2, 0.25) is 17.7 Å². The summed E-state index contributed by atoms with van der Waals surface area (Å²) in [4.78, 5) is 64.2. The molecule has 14 heteroatoms. The highest BCUT2D eigenvalue weighted by atomic mass is 16.5. The number of hydrogen-bond acceptors (Lipinski definition) is 11. The summed E-state index contributed by atoms with van der Waals surface area (Å²) in [5.74, 6) is 5.75. The van der Waals surface area contributed by atoms with Crippen molar-refractivity contribution < 1.29 is 38.1 Å². The van der Waals surface area contributed by atoms with Gasteiger partial charge in [0, 0.05) is 72.8 Å². The normalized spacial score (nSPS) is 20.3. The summed E-state index contributed by atoms with van der Waals surface area (Å²) in [6.45, 7) is 0.459. The van der Waals surface area contributed by atoms with E-state index in [1.807, 2.05) is 48.9 Å². The first kappa shape index (κ1) is 37.2. The van der Waals surface area contributed by atoms with E-state index in [0.29, 0.717) is 23.1 Å². The minimum absolute atomic E-state index is 0.0217. The van der Waals surface area contributed by atoms with Gasteiger partial charge in [-0.1, -0.05) is 18.1 Å². The molecule has 1 unspecified atom stereocenters. The molecule has 1 atom stereocenters. The van der Waals surface area contributed by atoms with E-state index in [-0.39, 0.29) is 49.4 Å². The Morgan fingerprint density at radius 2 is 1.60 bits per heavy atom. The average molecular weight is 803 g/mol. The molecule has 0 spiro atoms. The topological polar surface area (TPSA) is 164 Å². The zero-order valence-electron chi connectivity index (χ0n) is 32.6. The number of carbonyl (C=O) groups excluding carboxylic acids is 4. The third kappa shape index (κ3) is 7.07. The molecule has 1 saturated heterocycles. The van der Waals surface area contributed by atoms with Gasteiger partial charge in [0.25, 0.3) is 11.8 Å². The number of piperidine rings is 1. The maximum Gasteiger partial charge on any atom is 0.262 e. The van der Waals surface area contributed by atoms with Crippen LogP contribution in [0.5, 0.6) is 17.4 Å². The van der Waals surface area contributed by atoms with E-state index in [2.05, 4.69) is 61.9 Å². The van der Waals surface area contributed by atoms with Gasteiger partial charge >= 0.3 is 0 Å². The smallest absolute Gasteiger partial charge is 0.262 e. The Morgan fingerprint density at radius 3 is 2.38 bits per heavy atom. The SMILES string of the molecule is Cn1c2ccncc2c2ccc(-c3ccc(O[C@H]4C[C@H](Oc5ccc(C#CC6(OCCOc7ccc8c(c7)C(=O)N(C7CCC(=O)NC7=O)C8=O)CC6)nc5)C4)nc3)cc21. The van der Waals surface area contributed by atoms with E-state index in [1.54, 1.807) is 12.3 Å². The first-order chi connectivity index (χ1) is 29.2. The molecular weight excluding hydrogens is 765 g/mol. The molecule has 10 rings (SSSR count). The summed E-state index contributed by atoms with van der Waals surface area (Å²) >= 11 is 0. The summed E-state index contributed by atoms with van der Waals surface area (Å²) in [7, 11) is 2.07. The quantitative estimate of drug-likeness (QED) is 0.0992. The highest BCUT2D eigenvalue weighted by molar-refractivity contribution is 6.23. The molecule has 0 bridgehead atoms. The van der Waals surface area contributed by atoms with E-state index in [0.717, 1.165) is 58.1 Å². The van der Waals surface area contributed by atoms with Gasteiger partial charge in [0.1, 0.15) is 47.7 Å². The maximum atomic E-state index is 13.1. The van der Waals surface area contributed by atoms with Crippen LogP contribution in [0.3, 0.4) is 0 Å². The number of nitrogens with one attached hydrogen (secondary N) is 1. The number of amides is 4. The number of rotatable bonds is 11. The number of nitrogens with zero attached hydrogens (tertiary/aromatic N) is 5. The lowest BCUT2D eigenvalue weighted by atomic mass is 9.92. The first-order valence-corrected chi connectivity index (χ1v) is 19.9. The van der Waals surface area contributed by atoms with Gasteiger partial charge in [-0.05, 0) is 79.3 Å². The lowest BCUT2D eigenvalue weighted by Gasteiger charge is -2.34. The third-order valence-corrected chi connectivity index (χ3v) is 11.5. The van der Waals surface area contributed by atoms with Crippen LogP contribution in [0.25, 0.3) is 32.9 Å². The number of benzene rings is 2. The minimum atomic E-state index is -1.02. The molecule has 4 amide bonds. The third-order valence-electron chi connectivity index (χ3n) is 11.5. The number of aryl methyl sites for hydroxylation is 1. The fraction of sp³-hybridized carbons (Fsp3) is 0.283. The van der Waals surface area contributed by atoms with Gasteiger partial charge in [-0.25, -0.2) is 9.97 Å². The summed E-state index contributed by atoms with van der Waals surface area (Å²) in [6.07, 6.45) is 10.5. The van der Waals surface area contributed by atoms with Crippen LogP contribution in [0.4, 0.5) is 0 Å². The Bertz CT molecular complexity index is 2780. The van der Waals surface area contributed by atoms with Crippen LogP contribution in [-0.2, 0) is 21.4 Å². The second kappa shape index (κ2) is 14.9. The monoisotopic (exact) mass is 802 g/mol. The van der Waals surface area contributed by atoms with Gasteiger partial charge in [-0.15, -0.1) is 0 Å². The molecule has 2 saturated carbocycles. The lowest BCUT2D eigenvalue weighted by molar-refractivity contribution is -0.136. The number of hydrogen-bond donors (Lipinski definition) is 1. The van der Waals surface area contributed by atoms with Crippen LogP contribution >= 0.6 is 0 Å². The largest absolute Gasteiger partial charge is 0.491 e. The molecular formula is C46H38N6O8. The number of carbonyl (C=O) groups is 4. The van der Waals surface area contributed by atoms with Crippen molar-refractivity contribution in [1.29, 1.82) is 0 Å². The van der Waals surface area contributed by atoms with Crippen molar-refractivity contribution in [2.45, 2.75) is 62.4 Å². The van der Waals surface area contributed by atoms with Crippen molar-refractivity contribution in [3.05, 3.63) is 108 Å². The summed E-state index contributed by atoms with van der Waals surface area (Å²) in [5, 5.41) is 4.51. The molecule has 2 aliphatic heterocycles. The summed E-state index contributed by atoms with van der Waals surface area (Å²) in [6, 6.07) is 19.7. The zero-order chi connectivity index (χ0) is 41.0. The molecule has 1 N–H and O–H groups in total. The van der Waals surface area contributed by atoms with Crippen molar-refractivity contribution in [1.82, 2.24) is 29.7 Å². The Kier molecular flexibility index (Phi) is 9.25. The number of pyridine rings is 3. The van der Waals surface area contributed by atoms with Crippen LogP contribution in [0, 0.1) is 11.8 Å². The standard InChI is InChI=1S/C46H38N6O8/c1-51-38-13-17-47-26-37(38)34-7-2-27(20-40(34)51)28-3-11-42(49-24-28)60-33-21-32(22-33)59-31-5-4-29(48-25-31)12-14-46(15-16-46)58-19-18-57-30-6-8-35-36(23-30)45(56)52(44(35)55)39-9-10-41(53)50-43(39)54/h2-8,11,13,17,20,23-26,32-33,39H,9-10,15-16,18-19,21-22H2,1H3,(H,50,53,54)/t32-,33-,39?. The molecule has 14 nitrogen and oxygen atoms in total. The van der Waals surface area contributed by atoms with Gasteiger partial charge in [-0.3, -0.25) is 34.4 Å². The van der Waals surface area contributed by atoms with Crippen LogP contribution in [0.2, 0.25) is 0 Å². The molecule has 6 heterocycles. The first-order valence-electron chi connectivity index (χ1n) is 19.9. The fourth-order valence-corrected chi connectivity index (χ4v) is 7.98. The van der Waals surface area contributed by atoms with Crippen LogP contribution < -0.4 is 19.5 Å². The van der Waals surface area contributed by atoms with Crippen molar-refractivity contribution >= 4 is 45.4 Å². The highest BCUT2D eigenvalue weighted by Gasteiger charge is 2.45. The molecule has 3 fully saturated rings. The van der Waals surface area contributed by atoms with E-state index < -0.39 is 35.3 Å². The van der Waals surface area contributed by atoms with Crippen molar-refractivity contribution in [2.75, 3.05) is 13.2 Å². The van der Waals surface area contributed by atoms with Crippen LogP contribution in [-0.4, -0.2) is 85.1 Å². The Morgan fingerprint density at radius 1 is 0.783 bits per heavy atom. The molecule has 4 aliphatic rings. The average Bonchev–Trinajstić information content (AvgIpc) is 3.92. The van der Waals surface area contributed by atoms with Crippen molar-refractivity contribution in [2.24, 2.45) is 7.05 Å². The van der Waals surface area contributed by atoms with Crippen molar-refractivity contribution in [3.63, 3.8) is 0 Å². The van der Waals surface area contributed by atoms with E-state index in [1.165, 1.54) is 17.5 Å². The van der Waals surface area contributed by atoms with Gasteiger partial charge in [-0.2, -0.15) is 0 Å². The molecule has 60 heavy (non-hydrogen) atoms. The predicted octanol–water partition coefficient (Wildman–Crippen LogP) is 5.55. The van der Waals surface area contributed by atoms with Gasteiger partial charge in [0.05, 0.1) is 29.4 Å². The lowest BCUT2D eigenvalue weighted by Crippen LogP contribution is -2.54. The Labute approximate surface area is 343 Å². The second-order valence-electron chi connectivity index (χ2n) is 15.5. The Balaban J connectivity index is 0.665. The zero-order valence-corrected chi connectivity index (χ0v) is 32.6. The minimum Gasteiger partial charge on any atom is -0.491 e. The molecule has 2 aromatic carbocycles. The maximum absolute atomic E-state index is 13.1. The number of ether oxygens (including phenoxy) is 4. The van der Waals surface area contributed by atoms with Crippen LogP contribution in [0.1, 0.15) is 64.9 Å². The fourth-order valence-electron chi connectivity index (χ4n) is 7.98. The Hall–Kier alpha value is -7.11. The van der Waals surface area contributed by atoms with Crippen molar-refractivity contribution in [3.8, 4) is 40.3 Å². The molecule has 0 radical (unpaired) electrons. The van der Waals surface area contributed by atoms with E-state index in [9.17, 15) is 19.2 Å². The molecule has 6 aromatic rings. The van der Waals surface area contributed by atoms with E-state index >= 15 is 0 Å². The number of fused-ring (bicyclic) bond motifs is 4.